The Kier molecular flexibility index (Phi) is 5.49. The van der Waals surface area contributed by atoms with Gasteiger partial charge in [0.1, 0.15) is 17.6 Å². The Balaban J connectivity index is 1.35. The number of hydrogen-bond donors (Lipinski definition) is 2. The SMILES string of the molecule is CC(C)(C)C(NC(=O)c1cc(C2CC2)c(OCC23CC4CC(CC(C4)C2)C3)cc1F)C(=O)O. The summed E-state index contributed by atoms with van der Waals surface area (Å²) in [4.78, 5) is 24.5. The number of amides is 1. The largest absolute Gasteiger partial charge is 0.493 e. The van der Waals surface area contributed by atoms with Crippen molar-refractivity contribution in [3.8, 4) is 5.75 Å². The predicted octanol–water partition coefficient (Wildman–Crippen LogP) is 5.53. The molecule has 5 aliphatic rings. The fraction of sp³-hybridized carbons (Fsp3) is 0.704. The van der Waals surface area contributed by atoms with E-state index >= 15 is 4.39 Å². The van der Waals surface area contributed by atoms with Gasteiger partial charge in [-0.2, -0.15) is 0 Å². The van der Waals surface area contributed by atoms with Crippen LogP contribution in [0.5, 0.6) is 5.75 Å². The summed E-state index contributed by atoms with van der Waals surface area (Å²) in [6, 6.07) is 1.84. The lowest BCUT2D eigenvalue weighted by Crippen LogP contribution is -2.49. The van der Waals surface area contributed by atoms with Gasteiger partial charge in [0, 0.05) is 11.5 Å². The van der Waals surface area contributed by atoms with Crippen molar-refractivity contribution >= 4 is 11.9 Å². The Morgan fingerprint density at radius 3 is 2.18 bits per heavy atom. The Morgan fingerprint density at radius 1 is 1.12 bits per heavy atom. The fourth-order valence-corrected chi connectivity index (χ4v) is 7.14. The second-order valence-electron chi connectivity index (χ2n) is 12.5. The molecule has 2 N–H and O–H groups in total. The van der Waals surface area contributed by atoms with Gasteiger partial charge in [-0.3, -0.25) is 4.79 Å². The minimum atomic E-state index is -1.13. The maximum atomic E-state index is 15.1. The van der Waals surface area contributed by atoms with Crippen LogP contribution in [0.15, 0.2) is 12.1 Å². The molecule has 0 spiro atoms. The number of carboxylic acids is 1. The smallest absolute Gasteiger partial charge is 0.326 e. The molecule has 180 valence electrons. The highest BCUT2D eigenvalue weighted by molar-refractivity contribution is 5.97. The fourth-order valence-electron chi connectivity index (χ4n) is 7.14. The number of ether oxygens (including phenoxy) is 1. The van der Waals surface area contributed by atoms with E-state index in [1.54, 1.807) is 26.8 Å². The first kappa shape index (κ1) is 22.7. The number of benzene rings is 1. The van der Waals surface area contributed by atoms with Crippen LogP contribution in [0.4, 0.5) is 4.39 Å². The lowest BCUT2D eigenvalue weighted by atomic mass is 9.50. The van der Waals surface area contributed by atoms with E-state index in [1.807, 2.05) is 0 Å². The zero-order valence-electron chi connectivity index (χ0n) is 20.0. The molecule has 0 radical (unpaired) electrons. The first-order chi connectivity index (χ1) is 15.5. The maximum absolute atomic E-state index is 15.1. The molecule has 5 saturated carbocycles. The average molecular weight is 458 g/mol. The standard InChI is InChI=1S/C27H36FNO4/c1-26(2,3)23(25(31)32)29-24(30)20-9-19(18-4-5-18)22(10-21(20)28)33-14-27-11-15-6-16(12-27)8-17(7-15)13-27/h9-10,15-18,23H,4-8,11-14H2,1-3H3,(H,29,30)(H,31,32). The van der Waals surface area contributed by atoms with Gasteiger partial charge >= 0.3 is 5.97 Å². The van der Waals surface area contributed by atoms with Crippen molar-refractivity contribution < 1.29 is 23.8 Å². The Morgan fingerprint density at radius 2 is 1.70 bits per heavy atom. The van der Waals surface area contributed by atoms with E-state index in [4.69, 9.17) is 4.74 Å². The molecular formula is C27H36FNO4. The van der Waals surface area contributed by atoms with Crippen LogP contribution in [0.1, 0.15) is 94.0 Å². The number of carboxylic acid groups (broad SMARTS) is 1. The van der Waals surface area contributed by atoms with E-state index < -0.39 is 29.2 Å². The molecule has 1 amide bonds. The number of aliphatic carboxylic acids is 1. The normalized spacial score (nSPS) is 31.3. The molecule has 4 bridgehead atoms. The summed E-state index contributed by atoms with van der Waals surface area (Å²) < 4.78 is 21.5. The highest BCUT2D eigenvalue weighted by Gasteiger charge is 2.51. The van der Waals surface area contributed by atoms with Crippen molar-refractivity contribution in [1.82, 2.24) is 5.32 Å². The Labute approximate surface area is 195 Å². The Bertz CT molecular complexity index is 926. The highest BCUT2D eigenvalue weighted by Crippen LogP contribution is 2.60. The summed E-state index contributed by atoms with van der Waals surface area (Å²) in [5.74, 6) is 0.852. The third-order valence-electron chi connectivity index (χ3n) is 8.45. The second-order valence-corrected chi connectivity index (χ2v) is 12.5. The summed E-state index contributed by atoms with van der Waals surface area (Å²) >= 11 is 0. The van der Waals surface area contributed by atoms with Crippen LogP contribution in [-0.2, 0) is 4.79 Å². The molecule has 1 aromatic carbocycles. The first-order valence-electron chi connectivity index (χ1n) is 12.5. The van der Waals surface area contributed by atoms with E-state index in [2.05, 4.69) is 5.32 Å². The maximum Gasteiger partial charge on any atom is 0.326 e. The van der Waals surface area contributed by atoms with E-state index in [9.17, 15) is 14.7 Å². The van der Waals surface area contributed by atoms with Gasteiger partial charge in [0.05, 0.1) is 12.2 Å². The first-order valence-corrected chi connectivity index (χ1v) is 12.5. The van der Waals surface area contributed by atoms with Gasteiger partial charge in [-0.1, -0.05) is 20.8 Å². The topological polar surface area (TPSA) is 75.6 Å². The number of rotatable bonds is 7. The molecule has 6 rings (SSSR count). The van der Waals surface area contributed by atoms with Gasteiger partial charge < -0.3 is 15.2 Å². The zero-order chi connectivity index (χ0) is 23.5. The van der Waals surface area contributed by atoms with Gasteiger partial charge in [-0.15, -0.1) is 0 Å². The van der Waals surface area contributed by atoms with Crippen LogP contribution in [-0.4, -0.2) is 29.6 Å². The van der Waals surface area contributed by atoms with Crippen LogP contribution in [0.3, 0.4) is 0 Å². The number of nitrogens with one attached hydrogen (secondary N) is 1. The molecule has 0 saturated heterocycles. The van der Waals surface area contributed by atoms with Crippen molar-refractivity contribution in [2.45, 2.75) is 84.1 Å². The Hall–Kier alpha value is -2.11. The van der Waals surface area contributed by atoms with E-state index in [-0.39, 0.29) is 16.9 Å². The molecule has 0 aliphatic heterocycles. The number of halogens is 1. The van der Waals surface area contributed by atoms with Gasteiger partial charge in [-0.05, 0) is 92.1 Å². The summed E-state index contributed by atoms with van der Waals surface area (Å²) in [7, 11) is 0. The molecule has 5 aliphatic carbocycles. The lowest BCUT2D eigenvalue weighted by molar-refractivity contribution is -0.142. The van der Waals surface area contributed by atoms with Gasteiger partial charge in [0.2, 0.25) is 0 Å². The van der Waals surface area contributed by atoms with Crippen molar-refractivity contribution in [1.29, 1.82) is 0 Å². The molecule has 1 unspecified atom stereocenters. The summed E-state index contributed by atoms with van der Waals surface area (Å²) in [5.41, 5.74) is 0.310. The van der Waals surface area contributed by atoms with Crippen LogP contribution < -0.4 is 10.1 Å². The molecular weight excluding hydrogens is 421 g/mol. The molecule has 1 atom stereocenters. The summed E-state index contributed by atoms with van der Waals surface area (Å²) in [6.07, 6.45) is 9.80. The molecule has 33 heavy (non-hydrogen) atoms. The van der Waals surface area contributed by atoms with E-state index in [0.717, 1.165) is 36.2 Å². The number of hydrogen-bond acceptors (Lipinski definition) is 3. The number of carbonyl (C=O) groups excluding carboxylic acids is 1. The van der Waals surface area contributed by atoms with E-state index in [0.29, 0.717) is 12.4 Å². The minimum absolute atomic E-state index is 0.102. The summed E-state index contributed by atoms with van der Waals surface area (Å²) in [6.45, 7) is 5.84. The average Bonchev–Trinajstić information content (AvgIpc) is 3.53. The second kappa shape index (κ2) is 7.99. The third-order valence-corrected chi connectivity index (χ3v) is 8.45. The quantitative estimate of drug-likeness (QED) is 0.565. The monoisotopic (exact) mass is 457 g/mol. The lowest BCUT2D eigenvalue weighted by Gasteiger charge is -2.56. The van der Waals surface area contributed by atoms with E-state index in [1.165, 1.54) is 44.6 Å². The molecule has 6 heteroatoms. The predicted molar refractivity (Wildman–Crippen MR) is 123 cm³/mol. The highest BCUT2D eigenvalue weighted by atomic mass is 19.1. The van der Waals surface area contributed by atoms with Crippen molar-refractivity contribution in [2.75, 3.05) is 6.61 Å². The van der Waals surface area contributed by atoms with Crippen LogP contribution in [0.25, 0.3) is 0 Å². The van der Waals surface area contributed by atoms with Gasteiger partial charge in [0.25, 0.3) is 5.91 Å². The molecule has 0 heterocycles. The third kappa shape index (κ3) is 4.50. The molecule has 0 aromatic heterocycles. The van der Waals surface area contributed by atoms with Crippen LogP contribution in [0.2, 0.25) is 0 Å². The van der Waals surface area contributed by atoms with Gasteiger partial charge in [0.15, 0.2) is 0 Å². The van der Waals surface area contributed by atoms with Crippen molar-refractivity contribution in [3.63, 3.8) is 0 Å². The zero-order valence-corrected chi connectivity index (χ0v) is 20.0. The van der Waals surface area contributed by atoms with Gasteiger partial charge in [-0.25, -0.2) is 9.18 Å². The van der Waals surface area contributed by atoms with Crippen LogP contribution in [0, 0.1) is 34.4 Å². The van der Waals surface area contributed by atoms with Crippen molar-refractivity contribution in [3.05, 3.63) is 29.1 Å². The van der Waals surface area contributed by atoms with Crippen molar-refractivity contribution in [2.24, 2.45) is 28.6 Å². The number of carbonyl (C=O) groups is 2. The molecule has 1 aromatic rings. The van der Waals surface area contributed by atoms with Crippen LogP contribution >= 0.6 is 0 Å². The molecule has 5 nitrogen and oxygen atoms in total. The summed E-state index contributed by atoms with van der Waals surface area (Å²) in [5, 5.41) is 12.1. The minimum Gasteiger partial charge on any atom is -0.493 e. The molecule has 5 fully saturated rings.